The highest BCUT2D eigenvalue weighted by molar-refractivity contribution is 5.96. The van der Waals surface area contributed by atoms with Gasteiger partial charge in [0.15, 0.2) is 17.7 Å². The van der Waals surface area contributed by atoms with Crippen molar-refractivity contribution in [2.45, 2.75) is 40.2 Å². The average Bonchev–Trinajstić information content (AvgIpc) is 2.57. The Kier molecular flexibility index (Phi) is 6.55. The summed E-state index contributed by atoms with van der Waals surface area (Å²) in [6, 6.07) is 8.17. The van der Waals surface area contributed by atoms with Gasteiger partial charge >= 0.3 is 5.97 Å². The van der Waals surface area contributed by atoms with E-state index >= 15 is 0 Å². The average molecular weight is 373 g/mol. The number of esters is 1. The zero-order chi connectivity index (χ0) is 20.1. The van der Waals surface area contributed by atoms with Crippen LogP contribution in [0.1, 0.15) is 29.2 Å². The van der Waals surface area contributed by atoms with Crippen molar-refractivity contribution in [3.05, 3.63) is 58.4 Å². The van der Waals surface area contributed by atoms with E-state index in [4.69, 9.17) is 9.47 Å². The lowest BCUT2D eigenvalue weighted by Gasteiger charge is -2.17. The standard InChI is InChI=1S/C21H24FNO4/c1-12-8-13(2)20(14(3)9-12)23-21(25)15(4)27-19(24)11-16-6-7-18(26-5)17(22)10-16/h6-10,15H,11H2,1-5H3,(H,23,25)/t15-/m1/s1. The Morgan fingerprint density at radius 1 is 1.11 bits per heavy atom. The number of hydrogen-bond acceptors (Lipinski definition) is 4. The smallest absolute Gasteiger partial charge is 0.311 e. The molecule has 0 fully saturated rings. The molecule has 0 aliphatic rings. The van der Waals surface area contributed by atoms with Crippen molar-refractivity contribution in [3.8, 4) is 5.75 Å². The maximum Gasteiger partial charge on any atom is 0.311 e. The largest absolute Gasteiger partial charge is 0.494 e. The number of hydrogen-bond donors (Lipinski definition) is 1. The molecule has 1 atom stereocenters. The van der Waals surface area contributed by atoms with E-state index in [0.29, 0.717) is 11.3 Å². The Labute approximate surface area is 158 Å². The van der Waals surface area contributed by atoms with E-state index in [1.165, 1.54) is 26.2 Å². The van der Waals surface area contributed by atoms with E-state index in [9.17, 15) is 14.0 Å². The normalized spacial score (nSPS) is 11.6. The Hall–Kier alpha value is -2.89. The number of halogens is 1. The number of amides is 1. The number of nitrogens with one attached hydrogen (secondary N) is 1. The minimum Gasteiger partial charge on any atom is -0.494 e. The van der Waals surface area contributed by atoms with Crippen molar-refractivity contribution in [2.24, 2.45) is 0 Å². The maximum absolute atomic E-state index is 13.7. The quantitative estimate of drug-likeness (QED) is 0.781. The van der Waals surface area contributed by atoms with Crippen LogP contribution in [0.15, 0.2) is 30.3 Å². The van der Waals surface area contributed by atoms with Crippen LogP contribution in [0.2, 0.25) is 0 Å². The van der Waals surface area contributed by atoms with Gasteiger partial charge in [-0.25, -0.2) is 4.39 Å². The molecule has 0 bridgehead atoms. The Bertz CT molecular complexity index is 840. The second kappa shape index (κ2) is 8.66. The zero-order valence-electron chi connectivity index (χ0n) is 16.2. The monoisotopic (exact) mass is 373 g/mol. The van der Waals surface area contributed by atoms with Crippen LogP contribution >= 0.6 is 0 Å². The van der Waals surface area contributed by atoms with Gasteiger partial charge in [-0.2, -0.15) is 0 Å². The van der Waals surface area contributed by atoms with Crippen molar-refractivity contribution in [2.75, 3.05) is 12.4 Å². The van der Waals surface area contributed by atoms with Gasteiger partial charge in [-0.3, -0.25) is 9.59 Å². The first-order valence-corrected chi connectivity index (χ1v) is 8.62. The topological polar surface area (TPSA) is 64.6 Å². The molecule has 27 heavy (non-hydrogen) atoms. The zero-order valence-corrected chi connectivity index (χ0v) is 16.2. The molecule has 0 radical (unpaired) electrons. The van der Waals surface area contributed by atoms with Crippen LogP contribution in [0.4, 0.5) is 10.1 Å². The third-order valence-electron chi connectivity index (χ3n) is 4.17. The molecule has 5 nitrogen and oxygen atoms in total. The maximum atomic E-state index is 13.7. The molecular formula is C21H24FNO4. The summed E-state index contributed by atoms with van der Waals surface area (Å²) in [5.74, 6) is -1.48. The van der Waals surface area contributed by atoms with E-state index in [0.717, 1.165) is 16.7 Å². The third kappa shape index (κ3) is 5.29. The van der Waals surface area contributed by atoms with Crippen LogP contribution in [-0.4, -0.2) is 25.1 Å². The first kappa shape index (κ1) is 20.4. The lowest BCUT2D eigenvalue weighted by atomic mass is 10.0. The summed E-state index contributed by atoms with van der Waals surface area (Å²) >= 11 is 0. The Balaban J connectivity index is 1.98. The molecular weight excluding hydrogens is 349 g/mol. The molecule has 0 aliphatic heterocycles. The number of carbonyl (C=O) groups is 2. The molecule has 144 valence electrons. The molecule has 0 aliphatic carbocycles. The van der Waals surface area contributed by atoms with Gasteiger partial charge in [0.1, 0.15) is 0 Å². The summed E-state index contributed by atoms with van der Waals surface area (Å²) in [5.41, 5.74) is 4.14. The fourth-order valence-electron chi connectivity index (χ4n) is 2.88. The molecule has 1 N–H and O–H groups in total. The van der Waals surface area contributed by atoms with Crippen LogP contribution in [0.3, 0.4) is 0 Å². The molecule has 6 heteroatoms. The van der Waals surface area contributed by atoms with Crippen LogP contribution in [0.25, 0.3) is 0 Å². The van der Waals surface area contributed by atoms with Crippen molar-refractivity contribution in [1.82, 2.24) is 0 Å². The van der Waals surface area contributed by atoms with Gasteiger partial charge in [0.2, 0.25) is 0 Å². The van der Waals surface area contributed by atoms with Crippen LogP contribution in [0, 0.1) is 26.6 Å². The van der Waals surface area contributed by atoms with Gasteiger partial charge in [-0.1, -0.05) is 23.8 Å². The van der Waals surface area contributed by atoms with Gasteiger partial charge in [-0.15, -0.1) is 0 Å². The molecule has 0 unspecified atom stereocenters. The summed E-state index contributed by atoms with van der Waals surface area (Å²) in [6.45, 7) is 7.30. The summed E-state index contributed by atoms with van der Waals surface area (Å²) in [5, 5.41) is 2.81. The lowest BCUT2D eigenvalue weighted by Crippen LogP contribution is -2.31. The minimum atomic E-state index is -0.972. The SMILES string of the molecule is COc1ccc(CC(=O)O[C@H](C)C(=O)Nc2c(C)cc(C)cc2C)cc1F. The number of carbonyl (C=O) groups excluding carboxylic acids is 2. The minimum absolute atomic E-state index is 0.101. The highest BCUT2D eigenvalue weighted by Crippen LogP contribution is 2.22. The van der Waals surface area contributed by atoms with Crippen LogP contribution in [0.5, 0.6) is 5.75 Å². The van der Waals surface area contributed by atoms with Crippen LogP contribution < -0.4 is 10.1 Å². The number of ether oxygens (including phenoxy) is 2. The predicted octanol–water partition coefficient (Wildman–Crippen LogP) is 3.87. The van der Waals surface area contributed by atoms with E-state index < -0.39 is 23.8 Å². The molecule has 0 saturated heterocycles. The van der Waals surface area contributed by atoms with Gasteiger partial charge in [0.25, 0.3) is 5.91 Å². The highest BCUT2D eigenvalue weighted by atomic mass is 19.1. The van der Waals surface area contributed by atoms with E-state index in [1.54, 1.807) is 6.07 Å². The number of aryl methyl sites for hydroxylation is 3. The molecule has 2 aromatic carbocycles. The summed E-state index contributed by atoms with van der Waals surface area (Å²) in [6.07, 6.45) is -1.11. The molecule has 2 aromatic rings. The summed E-state index contributed by atoms with van der Waals surface area (Å²) in [4.78, 5) is 24.4. The van der Waals surface area contributed by atoms with E-state index in [1.807, 2.05) is 32.9 Å². The fourth-order valence-corrected chi connectivity index (χ4v) is 2.88. The number of rotatable bonds is 6. The van der Waals surface area contributed by atoms with Crippen molar-refractivity contribution in [1.29, 1.82) is 0 Å². The van der Waals surface area contributed by atoms with Crippen molar-refractivity contribution >= 4 is 17.6 Å². The summed E-state index contributed by atoms with van der Waals surface area (Å²) < 4.78 is 23.7. The molecule has 0 heterocycles. The van der Waals surface area contributed by atoms with E-state index in [-0.39, 0.29) is 12.2 Å². The van der Waals surface area contributed by atoms with Crippen molar-refractivity contribution < 1.29 is 23.5 Å². The van der Waals surface area contributed by atoms with Crippen molar-refractivity contribution in [3.63, 3.8) is 0 Å². The second-order valence-corrected chi connectivity index (χ2v) is 6.54. The molecule has 1 amide bonds. The second-order valence-electron chi connectivity index (χ2n) is 6.54. The van der Waals surface area contributed by atoms with E-state index in [2.05, 4.69) is 5.32 Å². The molecule has 0 spiro atoms. The third-order valence-corrected chi connectivity index (χ3v) is 4.17. The predicted molar refractivity (Wildman–Crippen MR) is 101 cm³/mol. The molecule has 0 saturated carbocycles. The van der Waals surface area contributed by atoms with Gasteiger partial charge < -0.3 is 14.8 Å². The number of methoxy groups -OCH3 is 1. The van der Waals surface area contributed by atoms with Gasteiger partial charge in [-0.05, 0) is 56.5 Å². The number of benzene rings is 2. The first-order valence-electron chi connectivity index (χ1n) is 8.62. The Morgan fingerprint density at radius 2 is 1.74 bits per heavy atom. The summed E-state index contributed by atoms with van der Waals surface area (Å²) in [7, 11) is 1.37. The Morgan fingerprint density at radius 3 is 2.30 bits per heavy atom. The molecule has 2 rings (SSSR count). The lowest BCUT2D eigenvalue weighted by molar-refractivity contribution is -0.152. The van der Waals surface area contributed by atoms with Gasteiger partial charge in [0, 0.05) is 5.69 Å². The highest BCUT2D eigenvalue weighted by Gasteiger charge is 2.20. The fraction of sp³-hybridized carbons (Fsp3) is 0.333. The van der Waals surface area contributed by atoms with Gasteiger partial charge in [0.05, 0.1) is 13.5 Å². The first-order chi connectivity index (χ1) is 12.7. The number of anilines is 1. The van der Waals surface area contributed by atoms with Crippen LogP contribution in [-0.2, 0) is 20.7 Å². The molecule has 0 aromatic heterocycles.